The number of hydrogen-bond donors (Lipinski definition) is 2. The maximum atomic E-state index is 11.1. The third-order valence-electron chi connectivity index (χ3n) is 1.89. The molecule has 0 aliphatic heterocycles. The van der Waals surface area contributed by atoms with Gasteiger partial charge in [0, 0.05) is 23.7 Å². The summed E-state index contributed by atoms with van der Waals surface area (Å²) < 4.78 is 0. The smallest absolute Gasteiger partial charge is 0.249 e. The number of nitrogens with one attached hydrogen (secondary N) is 2. The van der Waals surface area contributed by atoms with Crippen molar-refractivity contribution < 1.29 is 0 Å². The van der Waals surface area contributed by atoms with E-state index in [4.69, 9.17) is 0 Å². The van der Waals surface area contributed by atoms with Gasteiger partial charge in [-0.3, -0.25) is 4.79 Å². The van der Waals surface area contributed by atoms with Gasteiger partial charge in [0.2, 0.25) is 11.5 Å². The van der Waals surface area contributed by atoms with Crippen molar-refractivity contribution in [2.75, 3.05) is 5.32 Å². The molecule has 0 unspecified atom stereocenters. The Morgan fingerprint density at radius 2 is 2.20 bits per heavy atom. The molecule has 0 spiro atoms. The second-order valence-electron chi connectivity index (χ2n) is 3.62. The highest BCUT2D eigenvalue weighted by molar-refractivity contribution is 5.74. The molecule has 2 rings (SSSR count). The van der Waals surface area contributed by atoms with Gasteiger partial charge in [0.05, 0.1) is 0 Å². The van der Waals surface area contributed by atoms with Gasteiger partial charge in [-0.15, -0.1) is 0 Å². The van der Waals surface area contributed by atoms with Crippen molar-refractivity contribution in [3.8, 4) is 0 Å². The van der Waals surface area contributed by atoms with E-state index < -0.39 is 0 Å². The molecule has 2 N–H and O–H groups in total. The molecular weight excluding hydrogens is 192 g/mol. The third-order valence-corrected chi connectivity index (χ3v) is 1.89. The van der Waals surface area contributed by atoms with Crippen LogP contribution in [-0.2, 0) is 0 Å². The summed E-state index contributed by atoms with van der Waals surface area (Å²) in [5.74, 6) is 0.527. The van der Waals surface area contributed by atoms with Gasteiger partial charge < -0.3 is 10.3 Å². The highest BCUT2D eigenvalue weighted by Gasteiger charge is 2.01. The van der Waals surface area contributed by atoms with E-state index in [0.717, 1.165) is 5.39 Å². The van der Waals surface area contributed by atoms with Crippen LogP contribution in [0.1, 0.15) is 13.8 Å². The van der Waals surface area contributed by atoms with Gasteiger partial charge in [-0.2, -0.15) is 4.98 Å². The molecule has 5 nitrogen and oxygen atoms in total. The van der Waals surface area contributed by atoms with E-state index in [-0.39, 0.29) is 11.6 Å². The number of nitrogens with zero attached hydrogens (tertiary/aromatic N) is 2. The van der Waals surface area contributed by atoms with Crippen LogP contribution >= 0.6 is 0 Å². The first kappa shape index (κ1) is 9.64. The number of fused-ring (bicyclic) bond motifs is 1. The molecule has 0 atom stereocenters. The van der Waals surface area contributed by atoms with Crippen molar-refractivity contribution in [3.63, 3.8) is 0 Å². The zero-order chi connectivity index (χ0) is 10.8. The Hall–Kier alpha value is -1.91. The van der Waals surface area contributed by atoms with Crippen molar-refractivity contribution in [2.45, 2.75) is 19.9 Å². The summed E-state index contributed by atoms with van der Waals surface area (Å²) in [6, 6.07) is 3.42. The molecule has 0 bridgehead atoms. The number of aromatic nitrogens is 3. The molecule has 2 aromatic rings. The standard InChI is InChI=1S/C10H12N4O/c1-6(2)12-10-11-5-7-3-4-8(15)13-9(7)14-10/h3-6H,1-2H3,(H2,11,12,13,14,15). The summed E-state index contributed by atoms with van der Waals surface area (Å²) in [5, 5.41) is 3.90. The average Bonchev–Trinajstić information content (AvgIpc) is 2.16. The summed E-state index contributed by atoms with van der Waals surface area (Å²) in [6.07, 6.45) is 1.68. The summed E-state index contributed by atoms with van der Waals surface area (Å²) in [4.78, 5) is 22.1. The lowest BCUT2D eigenvalue weighted by molar-refractivity contribution is 0.876. The maximum Gasteiger partial charge on any atom is 0.249 e. The molecular formula is C10H12N4O. The predicted octanol–water partition coefficient (Wildman–Crippen LogP) is 1.14. The third kappa shape index (κ3) is 2.12. The van der Waals surface area contributed by atoms with Crippen LogP contribution in [0.15, 0.2) is 23.1 Å². The highest BCUT2D eigenvalue weighted by Crippen LogP contribution is 2.08. The maximum absolute atomic E-state index is 11.1. The van der Waals surface area contributed by atoms with Crippen molar-refractivity contribution in [1.29, 1.82) is 0 Å². The Bertz CT molecular complexity index is 532. The SMILES string of the molecule is CC(C)Nc1ncc2ccc(=O)[nH]c2n1. The van der Waals surface area contributed by atoms with Gasteiger partial charge in [-0.05, 0) is 19.9 Å². The molecule has 0 aliphatic carbocycles. The number of hydrogen-bond acceptors (Lipinski definition) is 4. The summed E-state index contributed by atoms with van der Waals surface area (Å²) >= 11 is 0. The quantitative estimate of drug-likeness (QED) is 0.769. The topological polar surface area (TPSA) is 70.7 Å². The zero-order valence-corrected chi connectivity index (χ0v) is 8.61. The first-order chi connectivity index (χ1) is 7.15. The van der Waals surface area contributed by atoms with E-state index in [9.17, 15) is 4.79 Å². The predicted molar refractivity (Wildman–Crippen MR) is 58.9 cm³/mol. The monoisotopic (exact) mass is 204 g/mol. The van der Waals surface area contributed by atoms with Gasteiger partial charge in [0.15, 0.2) is 0 Å². The van der Waals surface area contributed by atoms with Crippen LogP contribution in [0.5, 0.6) is 0 Å². The van der Waals surface area contributed by atoms with E-state index >= 15 is 0 Å². The molecule has 0 fully saturated rings. The van der Waals surface area contributed by atoms with Gasteiger partial charge >= 0.3 is 0 Å². The zero-order valence-electron chi connectivity index (χ0n) is 8.61. The number of aromatic amines is 1. The van der Waals surface area contributed by atoms with E-state index in [1.165, 1.54) is 6.07 Å². The van der Waals surface area contributed by atoms with E-state index in [1.54, 1.807) is 12.3 Å². The first-order valence-electron chi connectivity index (χ1n) is 4.78. The lowest BCUT2D eigenvalue weighted by Gasteiger charge is -2.07. The summed E-state index contributed by atoms with van der Waals surface area (Å²) in [5.41, 5.74) is 0.400. The van der Waals surface area contributed by atoms with Crippen molar-refractivity contribution in [2.24, 2.45) is 0 Å². The normalized spacial score (nSPS) is 10.9. The molecule has 0 aromatic carbocycles. The minimum atomic E-state index is -0.156. The first-order valence-corrected chi connectivity index (χ1v) is 4.78. The van der Waals surface area contributed by atoms with Gasteiger partial charge in [0.25, 0.3) is 0 Å². The number of H-pyrrole nitrogens is 1. The highest BCUT2D eigenvalue weighted by atomic mass is 16.1. The van der Waals surface area contributed by atoms with Crippen molar-refractivity contribution in [1.82, 2.24) is 15.0 Å². The van der Waals surface area contributed by atoms with Crippen LogP contribution in [0.3, 0.4) is 0 Å². The van der Waals surface area contributed by atoms with Crippen LogP contribution in [0.25, 0.3) is 11.0 Å². The van der Waals surface area contributed by atoms with Crippen LogP contribution in [0.4, 0.5) is 5.95 Å². The average molecular weight is 204 g/mol. The largest absolute Gasteiger partial charge is 0.352 e. The fraction of sp³-hybridized carbons (Fsp3) is 0.300. The van der Waals surface area contributed by atoms with Crippen molar-refractivity contribution in [3.05, 3.63) is 28.7 Å². The van der Waals surface area contributed by atoms with Crippen LogP contribution in [-0.4, -0.2) is 21.0 Å². The summed E-state index contributed by atoms with van der Waals surface area (Å²) in [7, 11) is 0. The van der Waals surface area contributed by atoms with Crippen LogP contribution in [0, 0.1) is 0 Å². The van der Waals surface area contributed by atoms with Gasteiger partial charge in [-0.1, -0.05) is 0 Å². The van der Waals surface area contributed by atoms with E-state index in [1.807, 2.05) is 13.8 Å². The van der Waals surface area contributed by atoms with Crippen LogP contribution in [0.2, 0.25) is 0 Å². The fourth-order valence-electron chi connectivity index (χ4n) is 1.26. The minimum Gasteiger partial charge on any atom is -0.352 e. The number of rotatable bonds is 2. The van der Waals surface area contributed by atoms with E-state index in [0.29, 0.717) is 11.6 Å². The van der Waals surface area contributed by atoms with E-state index in [2.05, 4.69) is 20.3 Å². The Labute approximate surface area is 86.6 Å². The lowest BCUT2D eigenvalue weighted by Crippen LogP contribution is -2.13. The molecule has 78 valence electrons. The molecule has 5 heteroatoms. The van der Waals surface area contributed by atoms with Gasteiger partial charge in [-0.25, -0.2) is 4.98 Å². The second kappa shape index (κ2) is 3.68. The number of anilines is 1. The Kier molecular flexibility index (Phi) is 2.37. The Balaban J connectivity index is 2.49. The molecule has 15 heavy (non-hydrogen) atoms. The molecule has 0 saturated carbocycles. The lowest BCUT2D eigenvalue weighted by atomic mass is 10.3. The van der Waals surface area contributed by atoms with Crippen LogP contribution < -0.4 is 10.9 Å². The second-order valence-corrected chi connectivity index (χ2v) is 3.62. The molecule has 0 saturated heterocycles. The molecule has 2 heterocycles. The van der Waals surface area contributed by atoms with Crippen molar-refractivity contribution >= 4 is 17.0 Å². The molecule has 0 aliphatic rings. The molecule has 0 amide bonds. The molecule has 2 aromatic heterocycles. The minimum absolute atomic E-state index is 0.156. The van der Waals surface area contributed by atoms with Gasteiger partial charge in [0.1, 0.15) is 5.65 Å². The number of pyridine rings is 1. The molecule has 0 radical (unpaired) electrons. The fourth-order valence-corrected chi connectivity index (χ4v) is 1.26. The summed E-state index contributed by atoms with van der Waals surface area (Å²) in [6.45, 7) is 4.00. The Morgan fingerprint density at radius 3 is 2.93 bits per heavy atom. The Morgan fingerprint density at radius 1 is 1.40 bits per heavy atom.